The zero-order valence-electron chi connectivity index (χ0n) is 9.26. The van der Waals surface area contributed by atoms with E-state index in [9.17, 15) is 4.39 Å². The molecule has 15 heavy (non-hydrogen) atoms. The van der Waals surface area contributed by atoms with Crippen molar-refractivity contribution >= 4 is 0 Å². The molecule has 1 atom stereocenters. The Morgan fingerprint density at radius 3 is 2.40 bits per heavy atom. The van der Waals surface area contributed by atoms with E-state index >= 15 is 0 Å². The van der Waals surface area contributed by atoms with Gasteiger partial charge in [0.2, 0.25) is 0 Å². The van der Waals surface area contributed by atoms with Crippen LogP contribution < -0.4 is 5.32 Å². The van der Waals surface area contributed by atoms with Gasteiger partial charge in [-0.1, -0.05) is 12.1 Å². The average molecular weight is 208 g/mol. The Kier molecular flexibility index (Phi) is 2.76. The fraction of sp³-hybridized carbons (Fsp3) is 0.500. The highest BCUT2D eigenvalue weighted by molar-refractivity contribution is 5.27. The molecule has 0 amide bonds. The van der Waals surface area contributed by atoms with E-state index in [-0.39, 0.29) is 11.4 Å². The van der Waals surface area contributed by atoms with Gasteiger partial charge in [-0.3, -0.25) is 4.90 Å². The lowest BCUT2D eigenvalue weighted by atomic mass is 9.88. The summed E-state index contributed by atoms with van der Waals surface area (Å²) in [6.45, 7) is 1.96. The normalized spacial score (nSPS) is 26.1. The molecule has 0 spiro atoms. The van der Waals surface area contributed by atoms with Crippen LogP contribution in [0.1, 0.15) is 12.0 Å². The second-order valence-corrected chi connectivity index (χ2v) is 4.36. The lowest BCUT2D eigenvalue weighted by molar-refractivity contribution is 0.174. The highest BCUT2D eigenvalue weighted by Crippen LogP contribution is 2.32. The van der Waals surface area contributed by atoms with E-state index in [1.54, 1.807) is 12.1 Å². The highest BCUT2D eigenvalue weighted by Gasteiger charge is 2.37. The lowest BCUT2D eigenvalue weighted by Crippen LogP contribution is -2.43. The molecule has 1 aliphatic rings. The van der Waals surface area contributed by atoms with E-state index in [2.05, 4.69) is 24.3 Å². The van der Waals surface area contributed by atoms with Crippen molar-refractivity contribution in [3.8, 4) is 0 Å². The van der Waals surface area contributed by atoms with Gasteiger partial charge in [0.1, 0.15) is 5.82 Å². The SMILES string of the molecule is CN(C)C1(c2ccc(F)cc2)CCNC1. The Morgan fingerprint density at radius 1 is 1.27 bits per heavy atom. The molecule has 1 aliphatic heterocycles. The first-order valence-corrected chi connectivity index (χ1v) is 5.29. The summed E-state index contributed by atoms with van der Waals surface area (Å²) in [5, 5.41) is 3.37. The first-order chi connectivity index (χ1) is 7.15. The van der Waals surface area contributed by atoms with E-state index in [0.717, 1.165) is 19.5 Å². The largest absolute Gasteiger partial charge is 0.314 e. The Balaban J connectivity index is 2.36. The van der Waals surface area contributed by atoms with Crippen LogP contribution in [0.5, 0.6) is 0 Å². The summed E-state index contributed by atoms with van der Waals surface area (Å²) >= 11 is 0. The first-order valence-electron chi connectivity index (χ1n) is 5.29. The number of hydrogen-bond donors (Lipinski definition) is 1. The molecule has 0 radical (unpaired) electrons. The molecule has 0 saturated carbocycles. The molecule has 2 rings (SSSR count). The maximum Gasteiger partial charge on any atom is 0.123 e. The van der Waals surface area contributed by atoms with Crippen LogP contribution in [0.4, 0.5) is 4.39 Å². The van der Waals surface area contributed by atoms with Crippen molar-refractivity contribution in [3.63, 3.8) is 0 Å². The third-order valence-corrected chi connectivity index (χ3v) is 3.37. The molecule has 0 aromatic heterocycles. The van der Waals surface area contributed by atoms with Crippen LogP contribution in [-0.4, -0.2) is 32.1 Å². The topological polar surface area (TPSA) is 15.3 Å². The second-order valence-electron chi connectivity index (χ2n) is 4.36. The number of benzene rings is 1. The van der Waals surface area contributed by atoms with E-state index in [4.69, 9.17) is 0 Å². The van der Waals surface area contributed by atoms with Crippen LogP contribution in [-0.2, 0) is 5.54 Å². The molecule has 2 nitrogen and oxygen atoms in total. The van der Waals surface area contributed by atoms with Gasteiger partial charge in [-0.05, 0) is 44.8 Å². The van der Waals surface area contributed by atoms with Crippen molar-refractivity contribution in [1.82, 2.24) is 10.2 Å². The van der Waals surface area contributed by atoms with Crippen molar-refractivity contribution in [2.45, 2.75) is 12.0 Å². The predicted octanol–water partition coefficient (Wildman–Crippen LogP) is 1.58. The van der Waals surface area contributed by atoms with Gasteiger partial charge < -0.3 is 5.32 Å². The molecule has 1 heterocycles. The lowest BCUT2D eigenvalue weighted by Gasteiger charge is -2.36. The number of rotatable bonds is 2. The molecular formula is C12H17FN2. The van der Waals surface area contributed by atoms with Gasteiger partial charge in [-0.2, -0.15) is 0 Å². The van der Waals surface area contributed by atoms with Crippen molar-refractivity contribution in [2.75, 3.05) is 27.2 Å². The molecule has 1 fully saturated rings. The quantitative estimate of drug-likeness (QED) is 0.793. The van der Waals surface area contributed by atoms with Crippen LogP contribution in [0.25, 0.3) is 0 Å². The summed E-state index contributed by atoms with van der Waals surface area (Å²) in [5.41, 5.74) is 1.23. The minimum absolute atomic E-state index is 0.0354. The molecule has 1 aromatic rings. The zero-order chi connectivity index (χ0) is 10.9. The monoisotopic (exact) mass is 208 g/mol. The molecular weight excluding hydrogens is 191 g/mol. The van der Waals surface area contributed by atoms with Gasteiger partial charge in [-0.25, -0.2) is 4.39 Å². The molecule has 1 saturated heterocycles. The fourth-order valence-electron chi connectivity index (χ4n) is 2.33. The summed E-state index contributed by atoms with van der Waals surface area (Å²) in [6.07, 6.45) is 1.08. The molecule has 3 heteroatoms. The predicted molar refractivity (Wildman–Crippen MR) is 59.3 cm³/mol. The third-order valence-electron chi connectivity index (χ3n) is 3.37. The third kappa shape index (κ3) is 1.77. The Bertz CT molecular complexity index is 326. The maximum absolute atomic E-state index is 12.9. The molecule has 82 valence electrons. The standard InChI is InChI=1S/C12H17FN2/c1-15(2)12(7-8-14-9-12)10-3-5-11(13)6-4-10/h3-6,14H,7-9H2,1-2H3. The molecule has 1 unspecified atom stereocenters. The number of nitrogens with zero attached hydrogens (tertiary/aromatic N) is 1. The van der Waals surface area contributed by atoms with Crippen molar-refractivity contribution < 1.29 is 4.39 Å². The number of hydrogen-bond acceptors (Lipinski definition) is 2. The zero-order valence-corrected chi connectivity index (χ0v) is 9.26. The summed E-state index contributed by atoms with van der Waals surface area (Å²) in [5.74, 6) is -0.168. The van der Waals surface area contributed by atoms with Crippen molar-refractivity contribution in [1.29, 1.82) is 0 Å². The van der Waals surface area contributed by atoms with Gasteiger partial charge in [-0.15, -0.1) is 0 Å². The summed E-state index contributed by atoms with van der Waals surface area (Å²) in [4.78, 5) is 2.22. The molecule has 1 aromatic carbocycles. The van der Waals surface area contributed by atoms with E-state index in [0.29, 0.717) is 0 Å². The van der Waals surface area contributed by atoms with E-state index < -0.39 is 0 Å². The first kappa shape index (κ1) is 10.6. The van der Waals surface area contributed by atoms with E-state index in [1.807, 2.05) is 12.1 Å². The summed E-state index contributed by atoms with van der Waals surface area (Å²) < 4.78 is 12.9. The minimum atomic E-state index is -0.168. The van der Waals surface area contributed by atoms with Crippen LogP contribution in [0.15, 0.2) is 24.3 Å². The summed E-state index contributed by atoms with van der Waals surface area (Å²) in [6, 6.07) is 6.86. The van der Waals surface area contributed by atoms with Gasteiger partial charge in [0, 0.05) is 6.54 Å². The molecule has 0 aliphatic carbocycles. The average Bonchev–Trinajstić information content (AvgIpc) is 2.69. The number of nitrogens with one attached hydrogen (secondary N) is 1. The molecule has 0 bridgehead atoms. The second kappa shape index (κ2) is 3.91. The number of halogens is 1. The van der Waals surface area contributed by atoms with Gasteiger partial charge in [0.05, 0.1) is 5.54 Å². The Hall–Kier alpha value is -0.930. The molecule has 1 N–H and O–H groups in total. The van der Waals surface area contributed by atoms with Gasteiger partial charge in [0.15, 0.2) is 0 Å². The Morgan fingerprint density at radius 2 is 1.93 bits per heavy atom. The Labute approximate surface area is 90.1 Å². The van der Waals surface area contributed by atoms with Crippen LogP contribution in [0, 0.1) is 5.82 Å². The smallest absolute Gasteiger partial charge is 0.123 e. The minimum Gasteiger partial charge on any atom is -0.314 e. The van der Waals surface area contributed by atoms with Crippen molar-refractivity contribution in [3.05, 3.63) is 35.6 Å². The van der Waals surface area contributed by atoms with Crippen LogP contribution in [0.3, 0.4) is 0 Å². The van der Waals surface area contributed by atoms with Gasteiger partial charge >= 0.3 is 0 Å². The van der Waals surface area contributed by atoms with Crippen LogP contribution >= 0.6 is 0 Å². The van der Waals surface area contributed by atoms with Gasteiger partial charge in [0.25, 0.3) is 0 Å². The summed E-state index contributed by atoms with van der Waals surface area (Å²) in [7, 11) is 4.16. The maximum atomic E-state index is 12.9. The van der Waals surface area contributed by atoms with Crippen molar-refractivity contribution in [2.24, 2.45) is 0 Å². The fourth-order valence-corrected chi connectivity index (χ4v) is 2.33. The number of likely N-dealkylation sites (N-methyl/N-ethyl adjacent to an activating group) is 1. The van der Waals surface area contributed by atoms with E-state index in [1.165, 1.54) is 5.56 Å². The van der Waals surface area contributed by atoms with Crippen LogP contribution in [0.2, 0.25) is 0 Å². The highest BCUT2D eigenvalue weighted by atomic mass is 19.1.